The highest BCUT2D eigenvalue weighted by Crippen LogP contribution is 2.37. The summed E-state index contributed by atoms with van der Waals surface area (Å²) in [6.07, 6.45) is 2.53. The van der Waals surface area contributed by atoms with E-state index in [4.69, 9.17) is 4.74 Å². The molecule has 0 spiro atoms. The Hall–Kier alpha value is -1.75. The summed E-state index contributed by atoms with van der Waals surface area (Å²) in [7, 11) is 0. The van der Waals surface area contributed by atoms with Gasteiger partial charge in [-0.2, -0.15) is 0 Å². The van der Waals surface area contributed by atoms with Crippen molar-refractivity contribution in [3.8, 4) is 11.5 Å². The molecule has 1 unspecified atom stereocenters. The first-order valence-corrected chi connectivity index (χ1v) is 9.52. The lowest BCUT2D eigenvalue weighted by atomic mass is 9.77. The first-order valence-electron chi connectivity index (χ1n) is 9.52. The molecule has 27 heavy (non-hydrogen) atoms. The molecular formula is C22H28ClNO3. The number of nitrogens with zero attached hydrogens (tertiary/aromatic N) is 1. The van der Waals surface area contributed by atoms with Gasteiger partial charge in [0.1, 0.15) is 17.6 Å². The molecule has 2 aliphatic rings. The zero-order valence-corrected chi connectivity index (χ0v) is 16.5. The van der Waals surface area contributed by atoms with Crippen LogP contribution in [0.4, 0.5) is 0 Å². The SMILES string of the molecule is CC(c1ccccc1)C1(O)CCN(C[C@H]2Cc3cc(O)ccc3O2)CC1.Cl. The lowest BCUT2D eigenvalue weighted by Crippen LogP contribution is -2.49. The van der Waals surface area contributed by atoms with Gasteiger partial charge in [-0.15, -0.1) is 12.4 Å². The van der Waals surface area contributed by atoms with Crippen LogP contribution in [0.3, 0.4) is 0 Å². The van der Waals surface area contributed by atoms with Crippen molar-refractivity contribution < 1.29 is 14.9 Å². The third-order valence-electron chi connectivity index (χ3n) is 6.07. The molecule has 1 fully saturated rings. The van der Waals surface area contributed by atoms with Gasteiger partial charge in [0.25, 0.3) is 0 Å². The summed E-state index contributed by atoms with van der Waals surface area (Å²) in [5, 5.41) is 20.8. The maximum absolute atomic E-state index is 11.2. The van der Waals surface area contributed by atoms with Crippen molar-refractivity contribution in [2.45, 2.75) is 43.8 Å². The predicted molar refractivity (Wildman–Crippen MR) is 109 cm³/mol. The van der Waals surface area contributed by atoms with Crippen LogP contribution in [0.1, 0.15) is 36.8 Å². The second kappa shape index (κ2) is 8.09. The van der Waals surface area contributed by atoms with Gasteiger partial charge in [-0.05, 0) is 36.6 Å². The molecule has 0 radical (unpaired) electrons. The molecule has 5 heteroatoms. The second-order valence-electron chi connectivity index (χ2n) is 7.77. The fraction of sp³-hybridized carbons (Fsp3) is 0.455. The number of halogens is 1. The predicted octanol–water partition coefficient (Wildman–Crippen LogP) is 3.75. The highest BCUT2D eigenvalue weighted by atomic mass is 35.5. The molecule has 2 heterocycles. The van der Waals surface area contributed by atoms with Crippen LogP contribution in [0.15, 0.2) is 48.5 Å². The average molecular weight is 390 g/mol. The number of likely N-dealkylation sites (tertiary alicyclic amines) is 1. The Bertz CT molecular complexity index is 759. The minimum Gasteiger partial charge on any atom is -0.508 e. The van der Waals surface area contributed by atoms with Crippen LogP contribution in [0.5, 0.6) is 11.5 Å². The number of hydrogen-bond donors (Lipinski definition) is 2. The molecule has 4 rings (SSSR count). The van der Waals surface area contributed by atoms with Crippen LogP contribution in [-0.2, 0) is 6.42 Å². The first kappa shape index (κ1) is 20.0. The summed E-state index contributed by atoms with van der Waals surface area (Å²) >= 11 is 0. The van der Waals surface area contributed by atoms with Crippen LogP contribution in [0, 0.1) is 0 Å². The zero-order chi connectivity index (χ0) is 18.1. The number of aliphatic hydroxyl groups is 1. The van der Waals surface area contributed by atoms with Crippen molar-refractivity contribution in [3.05, 3.63) is 59.7 Å². The number of hydrogen-bond acceptors (Lipinski definition) is 4. The molecule has 0 aromatic heterocycles. The molecule has 0 amide bonds. The minimum atomic E-state index is -0.636. The van der Waals surface area contributed by atoms with E-state index < -0.39 is 5.60 Å². The van der Waals surface area contributed by atoms with Gasteiger partial charge in [0, 0.05) is 37.5 Å². The average Bonchev–Trinajstić information content (AvgIpc) is 3.05. The Morgan fingerprint density at radius 2 is 1.85 bits per heavy atom. The molecule has 2 aliphatic heterocycles. The quantitative estimate of drug-likeness (QED) is 0.836. The largest absolute Gasteiger partial charge is 0.508 e. The van der Waals surface area contributed by atoms with Crippen LogP contribution in [0.2, 0.25) is 0 Å². The van der Waals surface area contributed by atoms with Gasteiger partial charge in [0.05, 0.1) is 5.60 Å². The lowest BCUT2D eigenvalue weighted by molar-refractivity contribution is -0.0435. The first-order chi connectivity index (χ1) is 12.5. The van der Waals surface area contributed by atoms with E-state index >= 15 is 0 Å². The van der Waals surface area contributed by atoms with E-state index in [0.717, 1.165) is 50.2 Å². The lowest BCUT2D eigenvalue weighted by Gasteiger charge is -2.42. The topological polar surface area (TPSA) is 52.9 Å². The Kier molecular flexibility index (Phi) is 5.99. The van der Waals surface area contributed by atoms with E-state index in [2.05, 4.69) is 24.0 Å². The molecule has 1 saturated heterocycles. The van der Waals surface area contributed by atoms with Gasteiger partial charge in [-0.3, -0.25) is 4.90 Å². The Morgan fingerprint density at radius 3 is 2.56 bits per heavy atom. The van der Waals surface area contributed by atoms with Crippen LogP contribution < -0.4 is 4.74 Å². The van der Waals surface area contributed by atoms with Crippen molar-refractivity contribution in [3.63, 3.8) is 0 Å². The number of fused-ring (bicyclic) bond motifs is 1. The van der Waals surface area contributed by atoms with E-state index in [-0.39, 0.29) is 24.4 Å². The fourth-order valence-electron chi connectivity index (χ4n) is 4.30. The third-order valence-corrected chi connectivity index (χ3v) is 6.07. The van der Waals surface area contributed by atoms with E-state index in [0.29, 0.717) is 5.75 Å². The normalized spacial score (nSPS) is 22.4. The number of benzene rings is 2. The summed E-state index contributed by atoms with van der Waals surface area (Å²) in [5.41, 5.74) is 1.66. The highest BCUT2D eigenvalue weighted by Gasteiger charge is 2.38. The fourth-order valence-corrected chi connectivity index (χ4v) is 4.30. The Labute approximate surface area is 167 Å². The number of phenolic OH excluding ortho intramolecular Hbond substituents is 1. The van der Waals surface area contributed by atoms with Gasteiger partial charge >= 0.3 is 0 Å². The van der Waals surface area contributed by atoms with E-state index in [1.54, 1.807) is 12.1 Å². The molecule has 0 bridgehead atoms. The standard InChI is InChI=1S/C22H27NO3.ClH/c1-16(17-5-3-2-4-6-17)22(25)9-11-23(12-10-22)15-20-14-18-13-19(24)7-8-21(18)26-20;/h2-8,13,16,20,24-25H,9-12,14-15H2,1H3;1H/t16?,20-;/m1./s1. The van der Waals surface area contributed by atoms with Crippen LogP contribution in [0.25, 0.3) is 0 Å². The van der Waals surface area contributed by atoms with Gasteiger partial charge in [-0.25, -0.2) is 0 Å². The van der Waals surface area contributed by atoms with E-state index in [1.165, 1.54) is 5.56 Å². The minimum absolute atomic E-state index is 0. The summed E-state index contributed by atoms with van der Waals surface area (Å²) in [6.45, 7) is 4.77. The summed E-state index contributed by atoms with van der Waals surface area (Å²) in [4.78, 5) is 2.39. The van der Waals surface area contributed by atoms with Crippen molar-refractivity contribution >= 4 is 12.4 Å². The van der Waals surface area contributed by atoms with E-state index in [1.807, 2.05) is 24.3 Å². The van der Waals surface area contributed by atoms with Gasteiger partial charge in [-0.1, -0.05) is 37.3 Å². The molecule has 0 aliphatic carbocycles. The van der Waals surface area contributed by atoms with Crippen molar-refractivity contribution in [2.24, 2.45) is 0 Å². The molecule has 2 N–H and O–H groups in total. The molecule has 4 nitrogen and oxygen atoms in total. The number of piperidine rings is 1. The van der Waals surface area contributed by atoms with Crippen LogP contribution >= 0.6 is 12.4 Å². The molecule has 0 saturated carbocycles. The van der Waals surface area contributed by atoms with Crippen molar-refractivity contribution in [2.75, 3.05) is 19.6 Å². The molecule has 146 valence electrons. The number of ether oxygens (including phenoxy) is 1. The van der Waals surface area contributed by atoms with Crippen LogP contribution in [-0.4, -0.2) is 46.5 Å². The molecule has 2 aromatic rings. The summed E-state index contributed by atoms with van der Waals surface area (Å²) < 4.78 is 6.02. The molecular weight excluding hydrogens is 362 g/mol. The number of rotatable bonds is 4. The smallest absolute Gasteiger partial charge is 0.123 e. The maximum atomic E-state index is 11.2. The third kappa shape index (κ3) is 4.23. The van der Waals surface area contributed by atoms with Gasteiger partial charge < -0.3 is 14.9 Å². The van der Waals surface area contributed by atoms with E-state index in [9.17, 15) is 10.2 Å². The van der Waals surface area contributed by atoms with Crippen molar-refractivity contribution in [1.82, 2.24) is 4.90 Å². The molecule has 2 aromatic carbocycles. The Morgan fingerprint density at radius 1 is 1.15 bits per heavy atom. The highest BCUT2D eigenvalue weighted by molar-refractivity contribution is 5.85. The zero-order valence-electron chi connectivity index (χ0n) is 15.7. The van der Waals surface area contributed by atoms with Crippen molar-refractivity contribution in [1.29, 1.82) is 0 Å². The Balaban J connectivity index is 0.00000210. The second-order valence-corrected chi connectivity index (χ2v) is 7.77. The number of aromatic hydroxyl groups is 1. The van der Waals surface area contributed by atoms with Gasteiger partial charge in [0.2, 0.25) is 0 Å². The summed E-state index contributed by atoms with van der Waals surface area (Å²) in [6, 6.07) is 15.6. The number of phenols is 1. The molecule has 2 atom stereocenters. The van der Waals surface area contributed by atoms with Gasteiger partial charge in [0.15, 0.2) is 0 Å². The summed E-state index contributed by atoms with van der Waals surface area (Å²) in [5.74, 6) is 1.32. The maximum Gasteiger partial charge on any atom is 0.123 e. The monoisotopic (exact) mass is 389 g/mol.